The van der Waals surface area contributed by atoms with Gasteiger partial charge in [0.1, 0.15) is 11.2 Å². The molecule has 1 aliphatic heterocycles. The molecule has 0 radical (unpaired) electrons. The number of hydrogen-bond acceptors (Lipinski definition) is 7. The summed E-state index contributed by atoms with van der Waals surface area (Å²) < 4.78 is 29.9. The molecule has 156 valence electrons. The fraction of sp³-hybridized carbons (Fsp3) is 0.474. The van der Waals surface area contributed by atoms with Gasteiger partial charge in [0.05, 0.1) is 16.9 Å². The molecule has 1 fully saturated rings. The lowest BCUT2D eigenvalue weighted by Gasteiger charge is -2.23. The number of carbonyl (C=O) groups is 2. The van der Waals surface area contributed by atoms with Crippen LogP contribution in [0.15, 0.2) is 23.1 Å². The number of hydrogen-bond donors (Lipinski definition) is 0. The zero-order valence-electron chi connectivity index (χ0n) is 16.5. The van der Waals surface area contributed by atoms with Crippen LogP contribution >= 0.6 is 0 Å². The summed E-state index contributed by atoms with van der Waals surface area (Å²) in [6.45, 7) is 3.59. The number of likely N-dealkylation sites (N-methyl/N-ethyl adjacent to an activating group) is 1. The number of esters is 1. The zero-order valence-corrected chi connectivity index (χ0v) is 17.4. The number of amides is 1. The highest BCUT2D eigenvalue weighted by molar-refractivity contribution is 7.91. The minimum Gasteiger partial charge on any atom is -0.452 e. The Morgan fingerprint density at radius 3 is 2.69 bits per heavy atom. The van der Waals surface area contributed by atoms with Gasteiger partial charge in [0, 0.05) is 31.5 Å². The molecule has 3 rings (SSSR count). The van der Waals surface area contributed by atoms with E-state index in [1.165, 1.54) is 18.1 Å². The second kappa shape index (κ2) is 7.94. The molecule has 0 saturated carbocycles. The SMILES string of the molecule is CCn1cc(C(=O)OCC(=O)N(C)[C@H]2CCS(=O)(=O)C2)c(=O)c2ccc(C)nc21. The summed E-state index contributed by atoms with van der Waals surface area (Å²) in [6, 6.07) is 2.87. The molecule has 2 aromatic rings. The first-order valence-corrected chi connectivity index (χ1v) is 11.1. The van der Waals surface area contributed by atoms with Gasteiger partial charge in [0.15, 0.2) is 16.4 Å². The third-order valence-electron chi connectivity index (χ3n) is 5.10. The quantitative estimate of drug-likeness (QED) is 0.647. The third kappa shape index (κ3) is 4.31. The van der Waals surface area contributed by atoms with E-state index in [1.54, 1.807) is 16.7 Å². The number of pyridine rings is 2. The number of carbonyl (C=O) groups excluding carboxylic acids is 2. The van der Waals surface area contributed by atoms with Crippen molar-refractivity contribution >= 4 is 32.7 Å². The molecule has 0 N–H and O–H groups in total. The second-order valence-electron chi connectivity index (χ2n) is 7.12. The Bertz CT molecular complexity index is 1140. The van der Waals surface area contributed by atoms with Crippen molar-refractivity contribution < 1.29 is 22.7 Å². The Labute approximate surface area is 168 Å². The molecule has 1 amide bonds. The van der Waals surface area contributed by atoms with Gasteiger partial charge in [-0.15, -0.1) is 0 Å². The lowest BCUT2D eigenvalue weighted by molar-refractivity contribution is -0.134. The third-order valence-corrected chi connectivity index (χ3v) is 6.85. The van der Waals surface area contributed by atoms with Crippen molar-refractivity contribution in [3.8, 4) is 0 Å². The first-order chi connectivity index (χ1) is 13.6. The summed E-state index contributed by atoms with van der Waals surface area (Å²) in [5.41, 5.74) is 0.540. The molecule has 10 heteroatoms. The van der Waals surface area contributed by atoms with Crippen LogP contribution in [0, 0.1) is 6.92 Å². The van der Waals surface area contributed by atoms with E-state index in [2.05, 4.69) is 4.98 Å². The smallest absolute Gasteiger partial charge is 0.344 e. The van der Waals surface area contributed by atoms with Crippen LogP contribution in [0.25, 0.3) is 11.0 Å². The summed E-state index contributed by atoms with van der Waals surface area (Å²) in [6.07, 6.45) is 1.74. The van der Waals surface area contributed by atoms with Gasteiger partial charge >= 0.3 is 5.97 Å². The van der Waals surface area contributed by atoms with Crippen LogP contribution in [0.2, 0.25) is 0 Å². The van der Waals surface area contributed by atoms with E-state index in [-0.39, 0.29) is 17.1 Å². The molecule has 1 atom stereocenters. The molecular weight excluding hydrogens is 398 g/mol. The van der Waals surface area contributed by atoms with Crippen LogP contribution in [0.5, 0.6) is 0 Å². The van der Waals surface area contributed by atoms with Gasteiger partial charge in [-0.2, -0.15) is 0 Å². The van der Waals surface area contributed by atoms with Crippen molar-refractivity contribution in [2.75, 3.05) is 25.2 Å². The largest absolute Gasteiger partial charge is 0.452 e. The fourth-order valence-corrected chi connectivity index (χ4v) is 5.11. The fourth-order valence-electron chi connectivity index (χ4n) is 3.34. The molecular formula is C19H23N3O6S. The van der Waals surface area contributed by atoms with Crippen LogP contribution in [0.3, 0.4) is 0 Å². The zero-order chi connectivity index (χ0) is 21.3. The van der Waals surface area contributed by atoms with Crippen molar-refractivity contribution in [2.45, 2.75) is 32.9 Å². The predicted molar refractivity (Wildman–Crippen MR) is 107 cm³/mol. The maximum absolute atomic E-state index is 12.7. The Balaban J connectivity index is 1.76. The lowest BCUT2D eigenvalue weighted by atomic mass is 10.2. The molecule has 0 unspecified atom stereocenters. The van der Waals surface area contributed by atoms with Crippen molar-refractivity contribution in [3.63, 3.8) is 0 Å². The van der Waals surface area contributed by atoms with Gasteiger partial charge < -0.3 is 14.2 Å². The normalized spacial score (nSPS) is 18.0. The summed E-state index contributed by atoms with van der Waals surface area (Å²) in [5.74, 6) is -1.48. The number of nitrogens with zero attached hydrogens (tertiary/aromatic N) is 3. The monoisotopic (exact) mass is 421 g/mol. The van der Waals surface area contributed by atoms with E-state index in [0.29, 0.717) is 24.0 Å². The molecule has 29 heavy (non-hydrogen) atoms. The van der Waals surface area contributed by atoms with Gasteiger partial charge in [0.2, 0.25) is 5.43 Å². The lowest BCUT2D eigenvalue weighted by Crippen LogP contribution is -2.40. The van der Waals surface area contributed by atoms with Gasteiger partial charge in [-0.3, -0.25) is 9.59 Å². The van der Waals surface area contributed by atoms with Crippen LogP contribution in [0.1, 0.15) is 29.4 Å². The van der Waals surface area contributed by atoms with E-state index in [1.807, 2.05) is 13.8 Å². The molecule has 3 heterocycles. The highest BCUT2D eigenvalue weighted by atomic mass is 32.2. The summed E-state index contributed by atoms with van der Waals surface area (Å²) in [5, 5.41) is 0.298. The van der Waals surface area contributed by atoms with E-state index < -0.39 is 39.8 Å². The molecule has 0 aromatic carbocycles. The first-order valence-electron chi connectivity index (χ1n) is 9.27. The molecule has 0 spiro atoms. The van der Waals surface area contributed by atoms with Gasteiger partial charge in [0.25, 0.3) is 5.91 Å². The standard InChI is InChI=1S/C19H23N3O6S/c1-4-22-9-15(17(24)14-6-5-12(2)20-18(14)22)19(25)28-10-16(23)21(3)13-7-8-29(26,27)11-13/h5-6,9,13H,4,7-8,10-11H2,1-3H3/t13-/m0/s1. The molecule has 9 nitrogen and oxygen atoms in total. The van der Waals surface area contributed by atoms with E-state index in [0.717, 1.165) is 5.69 Å². The van der Waals surface area contributed by atoms with Gasteiger partial charge in [-0.1, -0.05) is 0 Å². The summed E-state index contributed by atoms with van der Waals surface area (Å²) in [4.78, 5) is 43.1. The van der Waals surface area contributed by atoms with Gasteiger partial charge in [-0.05, 0) is 32.4 Å². The van der Waals surface area contributed by atoms with Crippen molar-refractivity contribution in [2.24, 2.45) is 0 Å². The minimum atomic E-state index is -3.14. The van der Waals surface area contributed by atoms with E-state index in [4.69, 9.17) is 4.74 Å². The predicted octanol–water partition coefficient (Wildman–Crippen LogP) is 0.527. The van der Waals surface area contributed by atoms with Crippen molar-refractivity contribution in [1.29, 1.82) is 0 Å². The van der Waals surface area contributed by atoms with Crippen LogP contribution < -0.4 is 5.43 Å². The number of ether oxygens (including phenoxy) is 1. The Kier molecular flexibility index (Phi) is 5.74. The second-order valence-corrected chi connectivity index (χ2v) is 9.35. The number of rotatable bonds is 5. The minimum absolute atomic E-state index is 0.0379. The number of aryl methyl sites for hydroxylation is 2. The van der Waals surface area contributed by atoms with Crippen LogP contribution in [0.4, 0.5) is 0 Å². The highest BCUT2D eigenvalue weighted by Crippen LogP contribution is 2.17. The van der Waals surface area contributed by atoms with Crippen LogP contribution in [-0.2, 0) is 25.9 Å². The topological polar surface area (TPSA) is 116 Å². The summed E-state index contributed by atoms with van der Waals surface area (Å²) in [7, 11) is -1.66. The molecule has 0 bridgehead atoms. The average molecular weight is 421 g/mol. The van der Waals surface area contributed by atoms with E-state index in [9.17, 15) is 22.8 Å². The van der Waals surface area contributed by atoms with Crippen LogP contribution in [-0.4, -0.2) is 65.9 Å². The molecule has 1 aliphatic rings. The van der Waals surface area contributed by atoms with E-state index >= 15 is 0 Å². The highest BCUT2D eigenvalue weighted by Gasteiger charge is 2.33. The molecule has 0 aliphatic carbocycles. The molecule has 1 saturated heterocycles. The molecule has 2 aromatic heterocycles. The van der Waals surface area contributed by atoms with Crippen molar-refractivity contribution in [1.82, 2.24) is 14.5 Å². The first kappa shape index (κ1) is 21.0. The Morgan fingerprint density at radius 1 is 1.34 bits per heavy atom. The van der Waals surface area contributed by atoms with Crippen molar-refractivity contribution in [3.05, 3.63) is 39.8 Å². The Hall–Kier alpha value is -2.75. The maximum atomic E-state index is 12.7. The van der Waals surface area contributed by atoms with Gasteiger partial charge in [-0.25, -0.2) is 18.2 Å². The number of sulfone groups is 1. The number of fused-ring (bicyclic) bond motifs is 1. The Morgan fingerprint density at radius 2 is 2.07 bits per heavy atom. The average Bonchev–Trinajstić information content (AvgIpc) is 3.05. The maximum Gasteiger partial charge on any atom is 0.344 e. The number of aromatic nitrogens is 2. The summed E-state index contributed by atoms with van der Waals surface area (Å²) >= 11 is 0.